The third-order valence-corrected chi connectivity index (χ3v) is 5.04. The van der Waals surface area contributed by atoms with Crippen LogP contribution in [0.1, 0.15) is 16.2 Å². The van der Waals surface area contributed by atoms with E-state index in [0.29, 0.717) is 38.2 Å². The van der Waals surface area contributed by atoms with E-state index >= 15 is 0 Å². The Morgan fingerprint density at radius 1 is 1.00 bits per heavy atom. The molecule has 8 heteroatoms. The van der Waals surface area contributed by atoms with Crippen LogP contribution in [0.5, 0.6) is 0 Å². The highest BCUT2D eigenvalue weighted by molar-refractivity contribution is 6.31. The van der Waals surface area contributed by atoms with Gasteiger partial charge < -0.3 is 14.2 Å². The van der Waals surface area contributed by atoms with Gasteiger partial charge in [0.25, 0.3) is 5.56 Å². The van der Waals surface area contributed by atoms with Crippen molar-refractivity contribution in [3.63, 3.8) is 0 Å². The van der Waals surface area contributed by atoms with Crippen LogP contribution >= 0.6 is 11.6 Å². The van der Waals surface area contributed by atoms with E-state index in [-0.39, 0.29) is 18.0 Å². The van der Waals surface area contributed by atoms with E-state index in [4.69, 9.17) is 20.9 Å². The zero-order valence-electron chi connectivity index (χ0n) is 16.0. The molecule has 0 unspecified atom stereocenters. The highest BCUT2D eigenvalue weighted by Gasteiger charge is 2.15. The van der Waals surface area contributed by atoms with Gasteiger partial charge in [0.15, 0.2) is 5.76 Å². The van der Waals surface area contributed by atoms with Crippen molar-refractivity contribution in [3.05, 3.63) is 93.5 Å². The summed E-state index contributed by atoms with van der Waals surface area (Å²) in [5.41, 5.74) is 1.92. The lowest BCUT2D eigenvalue weighted by atomic mass is 10.1. The van der Waals surface area contributed by atoms with Gasteiger partial charge in [0.1, 0.15) is 17.9 Å². The smallest absolute Gasteiger partial charge is 0.338 e. The van der Waals surface area contributed by atoms with Gasteiger partial charge in [-0.1, -0.05) is 47.1 Å². The van der Waals surface area contributed by atoms with E-state index < -0.39 is 5.97 Å². The zero-order chi connectivity index (χ0) is 21.4. The second-order valence-electron chi connectivity index (χ2n) is 6.86. The van der Waals surface area contributed by atoms with E-state index in [2.05, 4.69) is 15.1 Å². The molecule has 5 aromatic rings. The Labute approximate surface area is 180 Å². The van der Waals surface area contributed by atoms with E-state index in [9.17, 15) is 9.59 Å². The molecule has 0 bridgehead atoms. The Morgan fingerprint density at radius 2 is 1.84 bits per heavy atom. The van der Waals surface area contributed by atoms with Crippen LogP contribution < -0.4 is 5.56 Å². The lowest BCUT2D eigenvalue weighted by Gasteiger charge is -2.06. The fraction of sp³-hybridized carbons (Fsp3) is 0.0435. The number of nitrogens with zero attached hydrogens (tertiary/aromatic N) is 2. The standard InChI is InChI=1S/C23H14ClN3O4/c24-15-7-8-16-19(11-15)25-20(26-22(16)28)12-30-23(29)14-6-9-18-17(10-14)21(31-27-18)13-4-2-1-3-5-13/h1-11H,12H2,(H,25,26,28). The van der Waals surface area contributed by atoms with E-state index in [1.54, 1.807) is 36.4 Å². The number of hydrogen-bond acceptors (Lipinski definition) is 6. The average molecular weight is 432 g/mol. The van der Waals surface area contributed by atoms with Crippen molar-refractivity contribution in [1.82, 2.24) is 15.1 Å². The molecule has 0 radical (unpaired) electrons. The summed E-state index contributed by atoms with van der Waals surface area (Å²) in [6, 6.07) is 19.3. The highest BCUT2D eigenvalue weighted by atomic mass is 35.5. The molecule has 1 N–H and O–H groups in total. The first-order valence-electron chi connectivity index (χ1n) is 9.39. The molecule has 31 heavy (non-hydrogen) atoms. The molecule has 7 nitrogen and oxygen atoms in total. The van der Waals surface area contributed by atoms with E-state index in [1.807, 2.05) is 30.3 Å². The molecule has 3 aromatic carbocycles. The summed E-state index contributed by atoms with van der Waals surface area (Å²) in [7, 11) is 0. The van der Waals surface area contributed by atoms with Crippen molar-refractivity contribution in [2.45, 2.75) is 6.61 Å². The molecule has 0 aliphatic carbocycles. The van der Waals surface area contributed by atoms with Gasteiger partial charge in [-0.25, -0.2) is 9.78 Å². The quantitative estimate of drug-likeness (QED) is 0.412. The fourth-order valence-corrected chi connectivity index (χ4v) is 3.48. The minimum Gasteiger partial charge on any atom is -0.454 e. The predicted octanol–water partition coefficient (Wildman–Crippen LogP) is 4.74. The maximum Gasteiger partial charge on any atom is 0.338 e. The summed E-state index contributed by atoms with van der Waals surface area (Å²) in [4.78, 5) is 31.8. The normalized spacial score (nSPS) is 11.1. The van der Waals surface area contributed by atoms with Crippen LogP contribution in [0.3, 0.4) is 0 Å². The Morgan fingerprint density at radius 3 is 2.68 bits per heavy atom. The maximum absolute atomic E-state index is 12.6. The van der Waals surface area contributed by atoms with Gasteiger partial charge in [0.2, 0.25) is 0 Å². The summed E-state index contributed by atoms with van der Waals surface area (Å²) in [5.74, 6) is 0.239. The lowest BCUT2D eigenvalue weighted by molar-refractivity contribution is 0.0462. The number of carbonyl (C=O) groups is 1. The van der Waals surface area contributed by atoms with Crippen LogP contribution in [0, 0.1) is 0 Å². The third kappa shape index (κ3) is 3.67. The fourth-order valence-electron chi connectivity index (χ4n) is 3.31. The first kappa shape index (κ1) is 19.0. The van der Waals surface area contributed by atoms with Crippen LogP contribution in [0.25, 0.3) is 33.1 Å². The topological polar surface area (TPSA) is 98.1 Å². The molecule has 0 aliphatic rings. The molecule has 0 saturated carbocycles. The Kier molecular flexibility index (Phi) is 4.72. The molecule has 0 aliphatic heterocycles. The average Bonchev–Trinajstić information content (AvgIpc) is 3.21. The van der Waals surface area contributed by atoms with Gasteiger partial charge in [0, 0.05) is 10.6 Å². The second kappa shape index (κ2) is 7.70. The number of benzene rings is 3. The van der Waals surface area contributed by atoms with Crippen molar-refractivity contribution in [1.29, 1.82) is 0 Å². The minimum absolute atomic E-state index is 0.191. The number of ether oxygens (including phenoxy) is 1. The maximum atomic E-state index is 12.6. The molecule has 5 rings (SSSR count). The number of halogens is 1. The summed E-state index contributed by atoms with van der Waals surface area (Å²) in [6.07, 6.45) is 0. The van der Waals surface area contributed by atoms with Crippen molar-refractivity contribution in [3.8, 4) is 11.3 Å². The zero-order valence-corrected chi connectivity index (χ0v) is 16.7. The largest absolute Gasteiger partial charge is 0.454 e. The van der Waals surface area contributed by atoms with Crippen LogP contribution in [-0.2, 0) is 11.3 Å². The van der Waals surface area contributed by atoms with Gasteiger partial charge in [0.05, 0.1) is 21.9 Å². The molecule has 0 atom stereocenters. The Bertz CT molecular complexity index is 1490. The number of rotatable bonds is 4. The molecular weight excluding hydrogens is 418 g/mol. The summed E-state index contributed by atoms with van der Waals surface area (Å²) < 4.78 is 10.8. The molecule has 0 amide bonds. The SMILES string of the molecule is O=C(OCc1nc2cc(Cl)ccc2c(=O)[nH]1)c1ccc2noc(-c3ccccc3)c2c1. The molecule has 2 heterocycles. The molecule has 0 saturated heterocycles. The summed E-state index contributed by atoms with van der Waals surface area (Å²) >= 11 is 5.98. The van der Waals surface area contributed by atoms with Gasteiger partial charge in [-0.2, -0.15) is 0 Å². The van der Waals surface area contributed by atoms with Crippen molar-refractivity contribution < 1.29 is 14.1 Å². The highest BCUT2D eigenvalue weighted by Crippen LogP contribution is 2.29. The number of aromatic amines is 1. The number of hydrogen-bond donors (Lipinski definition) is 1. The molecular formula is C23H14ClN3O4. The van der Waals surface area contributed by atoms with Gasteiger partial charge in [-0.05, 0) is 36.4 Å². The minimum atomic E-state index is -0.559. The number of carbonyl (C=O) groups excluding carboxylic acids is 1. The summed E-state index contributed by atoms with van der Waals surface area (Å²) in [6.45, 7) is -0.191. The third-order valence-electron chi connectivity index (χ3n) is 4.81. The number of H-pyrrole nitrogens is 1. The van der Waals surface area contributed by atoms with Crippen molar-refractivity contribution in [2.75, 3.05) is 0 Å². The monoisotopic (exact) mass is 431 g/mol. The Balaban J connectivity index is 1.41. The summed E-state index contributed by atoms with van der Waals surface area (Å²) in [5, 5.41) is 5.62. The number of esters is 1. The first-order chi connectivity index (χ1) is 15.1. The number of nitrogens with one attached hydrogen (secondary N) is 1. The van der Waals surface area contributed by atoms with Gasteiger partial charge >= 0.3 is 5.97 Å². The Hall–Kier alpha value is -3.97. The van der Waals surface area contributed by atoms with Gasteiger partial charge in [-0.15, -0.1) is 0 Å². The molecule has 0 spiro atoms. The van der Waals surface area contributed by atoms with E-state index in [0.717, 1.165) is 5.56 Å². The van der Waals surface area contributed by atoms with Crippen LogP contribution in [0.4, 0.5) is 0 Å². The first-order valence-corrected chi connectivity index (χ1v) is 9.77. The number of aromatic nitrogens is 3. The number of fused-ring (bicyclic) bond motifs is 2. The second-order valence-corrected chi connectivity index (χ2v) is 7.30. The van der Waals surface area contributed by atoms with Crippen molar-refractivity contribution in [2.24, 2.45) is 0 Å². The van der Waals surface area contributed by atoms with Crippen LogP contribution in [-0.4, -0.2) is 21.1 Å². The molecule has 0 fully saturated rings. The molecule has 2 aromatic heterocycles. The van der Waals surface area contributed by atoms with Crippen LogP contribution in [0.15, 0.2) is 76.0 Å². The van der Waals surface area contributed by atoms with E-state index in [1.165, 1.54) is 0 Å². The van der Waals surface area contributed by atoms with Crippen molar-refractivity contribution >= 4 is 39.4 Å². The molecule has 152 valence electrons. The predicted molar refractivity (Wildman–Crippen MR) is 116 cm³/mol. The lowest BCUT2D eigenvalue weighted by Crippen LogP contribution is -2.14. The van der Waals surface area contributed by atoms with Crippen LogP contribution in [0.2, 0.25) is 5.02 Å². The van der Waals surface area contributed by atoms with Gasteiger partial charge in [-0.3, -0.25) is 4.79 Å².